The molecule has 2 rings (SSSR count). The Balaban J connectivity index is 2.49. The number of aliphatic hydroxyl groups excluding tert-OH is 2. The first kappa shape index (κ1) is 25.2. The number of aliphatic carboxylic acids is 1. The predicted octanol–water partition coefficient (Wildman–Crippen LogP) is 2.87. The number of nitrogens with one attached hydrogen (secondary N) is 1. The number of nitrogens with zero attached hydrogens (tertiary/aromatic N) is 2. The summed E-state index contributed by atoms with van der Waals surface area (Å²) in [6, 6.07) is 5.63. The summed E-state index contributed by atoms with van der Waals surface area (Å²) in [7, 11) is 0. The molecule has 1 aromatic carbocycles. The van der Waals surface area contributed by atoms with Crippen molar-refractivity contribution in [3.05, 3.63) is 53.1 Å². The molecule has 1 amide bonds. The summed E-state index contributed by atoms with van der Waals surface area (Å²) in [4.78, 5) is 23.5. The highest BCUT2D eigenvalue weighted by Gasteiger charge is 2.24. The SMILES string of the molecule is CCCNC(=O)c1nn(-c2ccc(F)cc2)c(C=C[C@H](O)C[C@@H](O)CC(=O)O)c1C(C)C. The van der Waals surface area contributed by atoms with Crippen molar-refractivity contribution in [1.82, 2.24) is 15.1 Å². The van der Waals surface area contributed by atoms with Gasteiger partial charge in [0.25, 0.3) is 5.91 Å². The number of hydrogen-bond donors (Lipinski definition) is 4. The second kappa shape index (κ2) is 11.5. The van der Waals surface area contributed by atoms with Gasteiger partial charge in [0, 0.05) is 18.5 Å². The van der Waals surface area contributed by atoms with Gasteiger partial charge in [-0.1, -0.05) is 26.8 Å². The highest BCUT2D eigenvalue weighted by atomic mass is 19.1. The summed E-state index contributed by atoms with van der Waals surface area (Å²) >= 11 is 0. The second-order valence-corrected chi connectivity index (χ2v) is 7.86. The first-order valence-corrected chi connectivity index (χ1v) is 10.6. The van der Waals surface area contributed by atoms with E-state index in [9.17, 15) is 24.2 Å². The molecule has 32 heavy (non-hydrogen) atoms. The maximum absolute atomic E-state index is 13.4. The predicted molar refractivity (Wildman–Crippen MR) is 118 cm³/mol. The van der Waals surface area contributed by atoms with E-state index in [1.54, 1.807) is 6.08 Å². The van der Waals surface area contributed by atoms with Crippen LogP contribution in [-0.4, -0.2) is 55.7 Å². The number of carboxylic acid groups (broad SMARTS) is 1. The van der Waals surface area contributed by atoms with Crippen LogP contribution in [0, 0.1) is 5.82 Å². The number of amides is 1. The topological polar surface area (TPSA) is 125 Å². The van der Waals surface area contributed by atoms with Crippen LogP contribution in [0.15, 0.2) is 30.3 Å². The van der Waals surface area contributed by atoms with Crippen LogP contribution in [0.3, 0.4) is 0 Å². The Kier molecular flexibility index (Phi) is 9.10. The fourth-order valence-corrected chi connectivity index (χ4v) is 3.29. The van der Waals surface area contributed by atoms with E-state index in [1.165, 1.54) is 35.0 Å². The third kappa shape index (κ3) is 6.73. The van der Waals surface area contributed by atoms with Crippen LogP contribution in [0.4, 0.5) is 4.39 Å². The van der Waals surface area contributed by atoms with E-state index in [-0.39, 0.29) is 23.9 Å². The van der Waals surface area contributed by atoms with Crippen molar-refractivity contribution >= 4 is 18.0 Å². The molecule has 1 heterocycles. The summed E-state index contributed by atoms with van der Waals surface area (Å²) in [5.41, 5.74) is 1.94. The monoisotopic (exact) mass is 447 g/mol. The van der Waals surface area contributed by atoms with Crippen LogP contribution < -0.4 is 5.32 Å². The van der Waals surface area contributed by atoms with Crippen LogP contribution >= 0.6 is 0 Å². The summed E-state index contributed by atoms with van der Waals surface area (Å²) in [6.45, 7) is 6.25. The normalized spacial score (nSPS) is 13.5. The summed E-state index contributed by atoms with van der Waals surface area (Å²) in [5, 5.41) is 36.1. The van der Waals surface area contributed by atoms with Crippen molar-refractivity contribution in [2.45, 2.75) is 58.2 Å². The van der Waals surface area contributed by atoms with Crippen LogP contribution in [0.5, 0.6) is 0 Å². The number of carboxylic acids is 1. The first-order chi connectivity index (χ1) is 15.1. The van der Waals surface area contributed by atoms with Gasteiger partial charge in [0.15, 0.2) is 5.69 Å². The van der Waals surface area contributed by atoms with Crippen molar-refractivity contribution in [1.29, 1.82) is 0 Å². The molecule has 8 nitrogen and oxygen atoms in total. The number of carbonyl (C=O) groups is 2. The van der Waals surface area contributed by atoms with E-state index < -0.39 is 30.4 Å². The molecule has 2 aromatic rings. The van der Waals surface area contributed by atoms with Crippen molar-refractivity contribution in [2.24, 2.45) is 0 Å². The fourth-order valence-electron chi connectivity index (χ4n) is 3.29. The Labute approximate surface area is 186 Å². The number of halogens is 1. The van der Waals surface area contributed by atoms with Crippen LogP contribution in [0.2, 0.25) is 0 Å². The lowest BCUT2D eigenvalue weighted by molar-refractivity contribution is -0.139. The van der Waals surface area contributed by atoms with E-state index >= 15 is 0 Å². The second-order valence-electron chi connectivity index (χ2n) is 7.86. The van der Waals surface area contributed by atoms with E-state index in [1.807, 2.05) is 20.8 Å². The van der Waals surface area contributed by atoms with Crippen molar-refractivity contribution in [3.63, 3.8) is 0 Å². The summed E-state index contributed by atoms with van der Waals surface area (Å²) < 4.78 is 14.9. The van der Waals surface area contributed by atoms with Gasteiger partial charge < -0.3 is 20.6 Å². The molecule has 0 radical (unpaired) electrons. The third-order valence-corrected chi connectivity index (χ3v) is 4.76. The molecule has 0 spiro atoms. The van der Waals surface area contributed by atoms with Gasteiger partial charge in [-0.3, -0.25) is 9.59 Å². The minimum atomic E-state index is -1.20. The molecule has 0 unspecified atom stereocenters. The number of aliphatic hydroxyl groups is 2. The van der Waals surface area contributed by atoms with Crippen molar-refractivity contribution in [3.8, 4) is 5.69 Å². The summed E-state index contributed by atoms with van der Waals surface area (Å²) in [6.07, 6.45) is 0.819. The molecular weight excluding hydrogens is 417 g/mol. The van der Waals surface area contributed by atoms with Gasteiger partial charge in [-0.15, -0.1) is 0 Å². The molecule has 0 aliphatic rings. The Bertz CT molecular complexity index is 953. The lowest BCUT2D eigenvalue weighted by Gasteiger charge is -2.12. The fraction of sp³-hybridized carbons (Fsp3) is 0.435. The molecular formula is C23H30FN3O5. The van der Waals surface area contributed by atoms with Gasteiger partial charge in [-0.05, 0) is 42.7 Å². The van der Waals surface area contributed by atoms with E-state index in [2.05, 4.69) is 10.4 Å². The summed E-state index contributed by atoms with van der Waals surface area (Å²) in [5.74, 6) is -2.00. The zero-order chi connectivity index (χ0) is 23.8. The largest absolute Gasteiger partial charge is 0.481 e. The van der Waals surface area contributed by atoms with E-state index in [0.29, 0.717) is 23.5 Å². The van der Waals surface area contributed by atoms with Gasteiger partial charge >= 0.3 is 5.97 Å². The number of benzene rings is 1. The standard InChI is InChI=1S/C23H30FN3O5/c1-4-11-25-23(32)22-21(14(2)3)19(10-9-17(28)12-18(29)13-20(30)31)27(26-22)16-7-5-15(24)6-8-16/h5-10,14,17-18,28-29H,4,11-13H2,1-3H3,(H,25,32)(H,30,31)/t17-,18+/m0/s1. The van der Waals surface area contributed by atoms with Crippen LogP contribution in [-0.2, 0) is 4.79 Å². The Morgan fingerprint density at radius 1 is 1.22 bits per heavy atom. The first-order valence-electron chi connectivity index (χ1n) is 10.6. The quantitative estimate of drug-likeness (QED) is 0.420. The average molecular weight is 448 g/mol. The number of carbonyl (C=O) groups excluding carboxylic acids is 1. The Hall–Kier alpha value is -3.04. The van der Waals surface area contributed by atoms with Crippen LogP contribution in [0.1, 0.15) is 67.7 Å². The maximum Gasteiger partial charge on any atom is 0.305 e. The molecule has 0 aliphatic heterocycles. The number of rotatable bonds is 11. The molecule has 0 bridgehead atoms. The zero-order valence-electron chi connectivity index (χ0n) is 18.5. The van der Waals surface area contributed by atoms with Crippen molar-refractivity contribution in [2.75, 3.05) is 6.54 Å². The molecule has 0 aliphatic carbocycles. The van der Waals surface area contributed by atoms with Crippen molar-refractivity contribution < 1.29 is 29.3 Å². The maximum atomic E-state index is 13.4. The number of hydrogen-bond acceptors (Lipinski definition) is 5. The van der Waals surface area contributed by atoms with Gasteiger partial charge in [0.05, 0.1) is 30.0 Å². The average Bonchev–Trinajstić information content (AvgIpc) is 3.10. The molecule has 0 fully saturated rings. The smallest absolute Gasteiger partial charge is 0.305 e. The molecule has 9 heteroatoms. The molecule has 4 N–H and O–H groups in total. The van der Waals surface area contributed by atoms with E-state index in [0.717, 1.165) is 6.42 Å². The van der Waals surface area contributed by atoms with Crippen LogP contribution in [0.25, 0.3) is 11.8 Å². The lowest BCUT2D eigenvalue weighted by atomic mass is 9.98. The highest BCUT2D eigenvalue weighted by molar-refractivity contribution is 5.95. The molecule has 0 saturated carbocycles. The zero-order valence-corrected chi connectivity index (χ0v) is 18.5. The molecule has 2 atom stereocenters. The molecule has 1 aromatic heterocycles. The van der Waals surface area contributed by atoms with E-state index in [4.69, 9.17) is 5.11 Å². The Morgan fingerprint density at radius 2 is 1.88 bits per heavy atom. The van der Waals surface area contributed by atoms with Gasteiger partial charge in [-0.2, -0.15) is 5.10 Å². The Morgan fingerprint density at radius 3 is 2.44 bits per heavy atom. The minimum Gasteiger partial charge on any atom is -0.481 e. The van der Waals surface area contributed by atoms with Gasteiger partial charge in [-0.25, -0.2) is 9.07 Å². The highest BCUT2D eigenvalue weighted by Crippen LogP contribution is 2.28. The minimum absolute atomic E-state index is 0.0963. The third-order valence-electron chi connectivity index (χ3n) is 4.76. The number of aromatic nitrogens is 2. The lowest BCUT2D eigenvalue weighted by Crippen LogP contribution is -2.25. The molecule has 174 valence electrons. The van der Waals surface area contributed by atoms with Gasteiger partial charge in [0.2, 0.25) is 0 Å². The molecule has 0 saturated heterocycles. The van der Waals surface area contributed by atoms with Gasteiger partial charge in [0.1, 0.15) is 5.82 Å².